The predicted octanol–water partition coefficient (Wildman–Crippen LogP) is 7.30. The normalized spacial score (nSPS) is 12.5. The Morgan fingerprint density at radius 1 is 0.792 bits per heavy atom. The molecule has 0 bridgehead atoms. The van der Waals surface area contributed by atoms with Gasteiger partial charge < -0.3 is 5.11 Å². The summed E-state index contributed by atoms with van der Waals surface area (Å²) in [6, 6.07) is 0. The molecule has 0 heterocycles. The SMILES string of the molecule is CCCCCC=CCC=CCCCCCCCCC(C)(C)C(=O)O. The fraction of sp³-hybridized carbons (Fsp3) is 0.773. The molecule has 0 aromatic heterocycles. The smallest absolute Gasteiger partial charge is 0.309 e. The van der Waals surface area contributed by atoms with Crippen molar-refractivity contribution in [2.45, 2.75) is 104 Å². The highest BCUT2D eigenvalue weighted by atomic mass is 16.4. The third-order valence-corrected chi connectivity index (χ3v) is 4.58. The summed E-state index contributed by atoms with van der Waals surface area (Å²) >= 11 is 0. The molecule has 0 radical (unpaired) electrons. The first-order valence-corrected chi connectivity index (χ1v) is 10.0. The van der Waals surface area contributed by atoms with E-state index in [4.69, 9.17) is 5.11 Å². The average Bonchev–Trinajstić information content (AvgIpc) is 2.54. The Bertz CT molecular complexity index is 353. The molecule has 0 spiro atoms. The summed E-state index contributed by atoms with van der Waals surface area (Å²) in [7, 11) is 0. The second-order valence-corrected chi connectivity index (χ2v) is 7.52. The molecule has 0 amide bonds. The van der Waals surface area contributed by atoms with Crippen molar-refractivity contribution in [3.63, 3.8) is 0 Å². The van der Waals surface area contributed by atoms with Gasteiger partial charge in [0.05, 0.1) is 5.41 Å². The Morgan fingerprint density at radius 3 is 1.83 bits per heavy atom. The molecule has 0 saturated heterocycles. The van der Waals surface area contributed by atoms with Gasteiger partial charge in [-0.05, 0) is 52.4 Å². The highest BCUT2D eigenvalue weighted by molar-refractivity contribution is 5.73. The highest BCUT2D eigenvalue weighted by Crippen LogP contribution is 2.24. The number of carbonyl (C=O) groups is 1. The number of carboxylic acid groups (broad SMARTS) is 1. The van der Waals surface area contributed by atoms with Gasteiger partial charge in [0.25, 0.3) is 0 Å². The molecule has 0 atom stereocenters. The largest absolute Gasteiger partial charge is 0.481 e. The zero-order valence-corrected chi connectivity index (χ0v) is 16.4. The molecule has 2 nitrogen and oxygen atoms in total. The quantitative estimate of drug-likeness (QED) is 0.237. The van der Waals surface area contributed by atoms with Crippen molar-refractivity contribution in [1.82, 2.24) is 0 Å². The zero-order valence-electron chi connectivity index (χ0n) is 16.4. The van der Waals surface area contributed by atoms with Gasteiger partial charge in [-0.1, -0.05) is 76.2 Å². The van der Waals surface area contributed by atoms with E-state index in [0.29, 0.717) is 0 Å². The molecule has 0 aliphatic heterocycles. The monoisotopic (exact) mass is 336 g/mol. The lowest BCUT2D eigenvalue weighted by molar-refractivity contribution is -0.147. The Hall–Kier alpha value is -1.05. The van der Waals surface area contributed by atoms with Crippen LogP contribution in [0.3, 0.4) is 0 Å². The van der Waals surface area contributed by atoms with Gasteiger partial charge in [-0.15, -0.1) is 0 Å². The van der Waals surface area contributed by atoms with Gasteiger partial charge in [-0.2, -0.15) is 0 Å². The van der Waals surface area contributed by atoms with E-state index in [9.17, 15) is 4.79 Å². The zero-order chi connectivity index (χ0) is 18.1. The molecule has 0 rings (SSSR count). The molecule has 140 valence electrons. The van der Waals surface area contributed by atoms with Crippen LogP contribution in [0.1, 0.15) is 104 Å². The van der Waals surface area contributed by atoms with Crippen molar-refractivity contribution in [2.75, 3.05) is 0 Å². The van der Waals surface area contributed by atoms with Crippen LogP contribution < -0.4 is 0 Å². The van der Waals surface area contributed by atoms with Crippen LogP contribution in [0.15, 0.2) is 24.3 Å². The van der Waals surface area contributed by atoms with Gasteiger partial charge in [0, 0.05) is 0 Å². The lowest BCUT2D eigenvalue weighted by Gasteiger charge is -2.18. The van der Waals surface area contributed by atoms with Gasteiger partial charge >= 0.3 is 5.97 Å². The predicted molar refractivity (Wildman–Crippen MR) is 105 cm³/mol. The standard InChI is InChI=1S/C22H40O2/c1-4-5-6-7-8-9-10-11-12-13-14-15-16-17-18-19-20-22(2,3)21(23)24/h8-9,11-12H,4-7,10,13-20H2,1-3H3,(H,23,24). The average molecular weight is 337 g/mol. The minimum Gasteiger partial charge on any atom is -0.481 e. The van der Waals surface area contributed by atoms with Gasteiger partial charge in [0.2, 0.25) is 0 Å². The van der Waals surface area contributed by atoms with Crippen LogP contribution in [0.2, 0.25) is 0 Å². The molecular formula is C22H40O2. The molecule has 0 fully saturated rings. The summed E-state index contributed by atoms with van der Waals surface area (Å²) < 4.78 is 0. The number of hydrogen-bond donors (Lipinski definition) is 1. The Balaban J connectivity index is 3.33. The maximum atomic E-state index is 11.0. The van der Waals surface area contributed by atoms with Crippen LogP contribution in [-0.4, -0.2) is 11.1 Å². The second kappa shape index (κ2) is 15.5. The van der Waals surface area contributed by atoms with Crippen LogP contribution in [-0.2, 0) is 4.79 Å². The van der Waals surface area contributed by atoms with Crippen molar-refractivity contribution < 1.29 is 9.90 Å². The van der Waals surface area contributed by atoms with Gasteiger partial charge in [0.15, 0.2) is 0 Å². The first-order valence-electron chi connectivity index (χ1n) is 10.0. The fourth-order valence-corrected chi connectivity index (χ4v) is 2.66. The van der Waals surface area contributed by atoms with Crippen LogP contribution in [0, 0.1) is 5.41 Å². The van der Waals surface area contributed by atoms with Gasteiger partial charge in [0.1, 0.15) is 0 Å². The van der Waals surface area contributed by atoms with E-state index < -0.39 is 11.4 Å². The number of hydrogen-bond acceptors (Lipinski definition) is 1. The van der Waals surface area contributed by atoms with Crippen LogP contribution >= 0.6 is 0 Å². The van der Waals surface area contributed by atoms with Gasteiger partial charge in [-0.3, -0.25) is 4.79 Å². The Labute approximate surface area is 150 Å². The Morgan fingerprint density at radius 2 is 1.29 bits per heavy atom. The first-order chi connectivity index (χ1) is 11.5. The van der Waals surface area contributed by atoms with E-state index in [1.54, 1.807) is 0 Å². The van der Waals surface area contributed by atoms with Crippen molar-refractivity contribution in [2.24, 2.45) is 5.41 Å². The first kappa shape index (κ1) is 22.9. The molecular weight excluding hydrogens is 296 g/mol. The molecule has 2 heteroatoms. The van der Waals surface area contributed by atoms with E-state index in [1.165, 1.54) is 57.8 Å². The summed E-state index contributed by atoms with van der Waals surface area (Å²) in [6.07, 6.45) is 24.7. The van der Waals surface area contributed by atoms with Crippen molar-refractivity contribution in [1.29, 1.82) is 0 Å². The third-order valence-electron chi connectivity index (χ3n) is 4.58. The molecule has 0 aromatic carbocycles. The summed E-state index contributed by atoms with van der Waals surface area (Å²) in [6.45, 7) is 5.89. The van der Waals surface area contributed by atoms with E-state index in [2.05, 4.69) is 31.2 Å². The molecule has 0 aliphatic rings. The fourth-order valence-electron chi connectivity index (χ4n) is 2.66. The number of unbranched alkanes of at least 4 members (excludes halogenated alkanes) is 9. The molecule has 0 saturated carbocycles. The number of aliphatic carboxylic acids is 1. The number of carboxylic acids is 1. The van der Waals surface area contributed by atoms with Gasteiger partial charge in [-0.25, -0.2) is 0 Å². The summed E-state index contributed by atoms with van der Waals surface area (Å²) in [5.74, 6) is -0.676. The van der Waals surface area contributed by atoms with Crippen LogP contribution in [0.5, 0.6) is 0 Å². The molecule has 0 unspecified atom stereocenters. The van der Waals surface area contributed by atoms with E-state index >= 15 is 0 Å². The molecule has 0 aliphatic carbocycles. The minimum absolute atomic E-state index is 0.560. The van der Waals surface area contributed by atoms with E-state index in [-0.39, 0.29) is 0 Å². The highest BCUT2D eigenvalue weighted by Gasteiger charge is 2.25. The second-order valence-electron chi connectivity index (χ2n) is 7.52. The summed E-state index contributed by atoms with van der Waals surface area (Å²) in [5.41, 5.74) is -0.560. The van der Waals surface area contributed by atoms with Crippen molar-refractivity contribution in [3.8, 4) is 0 Å². The Kier molecular flexibility index (Phi) is 14.8. The van der Waals surface area contributed by atoms with Crippen molar-refractivity contribution in [3.05, 3.63) is 24.3 Å². The number of allylic oxidation sites excluding steroid dienone is 4. The van der Waals surface area contributed by atoms with E-state index in [0.717, 1.165) is 25.7 Å². The minimum atomic E-state index is -0.676. The summed E-state index contributed by atoms with van der Waals surface area (Å²) in [4.78, 5) is 11.0. The van der Waals surface area contributed by atoms with E-state index in [1.807, 2.05) is 13.8 Å². The van der Waals surface area contributed by atoms with Crippen LogP contribution in [0.25, 0.3) is 0 Å². The molecule has 1 N–H and O–H groups in total. The van der Waals surface area contributed by atoms with Crippen molar-refractivity contribution >= 4 is 5.97 Å². The lowest BCUT2D eigenvalue weighted by atomic mass is 9.87. The lowest BCUT2D eigenvalue weighted by Crippen LogP contribution is -2.23. The molecule has 24 heavy (non-hydrogen) atoms. The maximum absolute atomic E-state index is 11.0. The summed E-state index contributed by atoms with van der Waals surface area (Å²) in [5, 5.41) is 9.06. The maximum Gasteiger partial charge on any atom is 0.309 e. The van der Waals surface area contributed by atoms with Crippen LogP contribution in [0.4, 0.5) is 0 Å². The topological polar surface area (TPSA) is 37.3 Å². The third kappa shape index (κ3) is 14.5. The molecule has 0 aromatic rings. The number of rotatable bonds is 16.